The van der Waals surface area contributed by atoms with Crippen molar-refractivity contribution >= 4 is 11.7 Å². The monoisotopic (exact) mass is 236 g/mol. The number of hydrogen-bond acceptors (Lipinski definition) is 2. The lowest BCUT2D eigenvalue weighted by Crippen LogP contribution is -2.35. The normalized spacial score (nSPS) is 11.7. The van der Waals surface area contributed by atoms with Gasteiger partial charge < -0.3 is 15.4 Å². The number of hydrogen-bond donors (Lipinski definition) is 2. The van der Waals surface area contributed by atoms with E-state index in [1.807, 2.05) is 45.0 Å². The smallest absolute Gasteiger partial charge is 0.319 e. The molecule has 4 heteroatoms. The zero-order chi connectivity index (χ0) is 12.7. The molecule has 1 rings (SSSR count). The quantitative estimate of drug-likeness (QED) is 0.825. The third-order valence-electron chi connectivity index (χ3n) is 2.42. The minimum Gasteiger partial charge on any atom is -0.492 e. The Hall–Kier alpha value is -1.71. The van der Waals surface area contributed by atoms with Crippen molar-refractivity contribution in [3.05, 3.63) is 24.3 Å². The summed E-state index contributed by atoms with van der Waals surface area (Å²) in [4.78, 5) is 11.7. The fourth-order valence-corrected chi connectivity index (χ4v) is 1.34. The van der Waals surface area contributed by atoms with Crippen LogP contribution in [-0.2, 0) is 0 Å². The van der Waals surface area contributed by atoms with E-state index in [9.17, 15) is 4.79 Å². The Kier molecular flexibility index (Phi) is 5.33. The molecule has 1 atom stereocenters. The first-order valence-electron chi connectivity index (χ1n) is 5.96. The second kappa shape index (κ2) is 6.78. The lowest BCUT2D eigenvalue weighted by molar-refractivity contribution is 0.248. The van der Waals surface area contributed by atoms with Crippen LogP contribution in [0.2, 0.25) is 0 Å². The van der Waals surface area contributed by atoms with Crippen molar-refractivity contribution in [2.24, 2.45) is 0 Å². The average Bonchev–Trinajstić information content (AvgIpc) is 2.31. The number of carbonyl (C=O) groups is 1. The largest absolute Gasteiger partial charge is 0.492 e. The lowest BCUT2D eigenvalue weighted by atomic mass is 10.2. The van der Waals surface area contributed by atoms with Gasteiger partial charge in [-0.1, -0.05) is 19.1 Å². The molecule has 0 bridgehead atoms. The molecule has 0 aliphatic heterocycles. The van der Waals surface area contributed by atoms with Crippen molar-refractivity contribution in [3.8, 4) is 5.75 Å². The summed E-state index contributed by atoms with van der Waals surface area (Å²) in [6, 6.07) is 7.36. The maximum absolute atomic E-state index is 11.7. The summed E-state index contributed by atoms with van der Waals surface area (Å²) in [5.74, 6) is 0.689. The van der Waals surface area contributed by atoms with Crippen LogP contribution in [0.15, 0.2) is 24.3 Å². The number of ether oxygens (including phenoxy) is 1. The van der Waals surface area contributed by atoms with Gasteiger partial charge in [-0.3, -0.25) is 0 Å². The Morgan fingerprint density at radius 3 is 2.71 bits per heavy atom. The molecule has 0 heterocycles. The molecule has 0 saturated heterocycles. The van der Waals surface area contributed by atoms with E-state index in [4.69, 9.17) is 4.74 Å². The second-order valence-corrected chi connectivity index (χ2v) is 3.84. The Bertz CT molecular complexity index is 366. The summed E-state index contributed by atoms with van der Waals surface area (Å²) in [7, 11) is 0. The van der Waals surface area contributed by atoms with Gasteiger partial charge in [0.25, 0.3) is 0 Å². The molecular weight excluding hydrogens is 216 g/mol. The Morgan fingerprint density at radius 1 is 1.35 bits per heavy atom. The second-order valence-electron chi connectivity index (χ2n) is 3.84. The fourth-order valence-electron chi connectivity index (χ4n) is 1.34. The molecule has 2 N–H and O–H groups in total. The topological polar surface area (TPSA) is 50.4 Å². The first-order chi connectivity index (χ1) is 8.17. The summed E-state index contributed by atoms with van der Waals surface area (Å²) < 4.78 is 5.43. The molecule has 0 aromatic heterocycles. The van der Waals surface area contributed by atoms with Gasteiger partial charge in [-0.25, -0.2) is 4.79 Å². The summed E-state index contributed by atoms with van der Waals surface area (Å²) in [5.41, 5.74) is 0.690. The van der Waals surface area contributed by atoms with E-state index in [1.165, 1.54) is 0 Å². The van der Waals surface area contributed by atoms with Crippen LogP contribution in [0.1, 0.15) is 27.2 Å². The number of amides is 2. The maximum Gasteiger partial charge on any atom is 0.319 e. The van der Waals surface area contributed by atoms with Crippen LogP contribution in [0.4, 0.5) is 10.5 Å². The van der Waals surface area contributed by atoms with Crippen LogP contribution < -0.4 is 15.4 Å². The Morgan fingerprint density at radius 2 is 2.06 bits per heavy atom. The number of urea groups is 1. The number of nitrogens with one attached hydrogen (secondary N) is 2. The molecular formula is C13H20N2O2. The Balaban J connectivity index is 2.64. The average molecular weight is 236 g/mol. The van der Waals surface area contributed by atoms with Crippen LogP contribution in [0.25, 0.3) is 0 Å². The van der Waals surface area contributed by atoms with E-state index in [-0.39, 0.29) is 12.1 Å². The van der Waals surface area contributed by atoms with Crippen molar-refractivity contribution in [1.82, 2.24) is 5.32 Å². The van der Waals surface area contributed by atoms with Crippen LogP contribution >= 0.6 is 0 Å². The van der Waals surface area contributed by atoms with E-state index in [1.54, 1.807) is 0 Å². The molecule has 0 radical (unpaired) electrons. The third kappa shape index (κ3) is 4.34. The molecule has 1 aromatic carbocycles. The number of anilines is 1. The summed E-state index contributed by atoms with van der Waals surface area (Å²) in [5, 5.41) is 5.63. The van der Waals surface area contributed by atoms with Crippen molar-refractivity contribution in [2.45, 2.75) is 33.2 Å². The molecule has 2 amide bonds. The lowest BCUT2D eigenvalue weighted by Gasteiger charge is -2.14. The van der Waals surface area contributed by atoms with Crippen LogP contribution in [0.3, 0.4) is 0 Å². The standard InChI is InChI=1S/C13H20N2O2/c1-4-10(3)14-13(16)15-11-8-6-7-9-12(11)17-5-2/h6-10H,4-5H2,1-3H3,(H2,14,15,16)/t10-/m1/s1. The predicted molar refractivity (Wildman–Crippen MR) is 69.5 cm³/mol. The minimum absolute atomic E-state index is 0.161. The van der Waals surface area contributed by atoms with E-state index < -0.39 is 0 Å². The molecule has 94 valence electrons. The first-order valence-corrected chi connectivity index (χ1v) is 5.96. The highest BCUT2D eigenvalue weighted by Crippen LogP contribution is 2.23. The molecule has 0 saturated carbocycles. The summed E-state index contributed by atoms with van der Waals surface area (Å²) in [6.45, 7) is 6.48. The van der Waals surface area contributed by atoms with Gasteiger partial charge in [-0.15, -0.1) is 0 Å². The van der Waals surface area contributed by atoms with E-state index in [2.05, 4.69) is 10.6 Å². The van der Waals surface area contributed by atoms with Gasteiger partial charge in [0.05, 0.1) is 12.3 Å². The van der Waals surface area contributed by atoms with Crippen LogP contribution in [0.5, 0.6) is 5.75 Å². The van der Waals surface area contributed by atoms with Crippen molar-refractivity contribution < 1.29 is 9.53 Å². The SMILES string of the molecule is CCOc1ccccc1NC(=O)N[C@H](C)CC. The maximum atomic E-state index is 11.7. The number of para-hydroxylation sites is 2. The highest BCUT2D eigenvalue weighted by Gasteiger charge is 2.08. The van der Waals surface area contributed by atoms with Gasteiger partial charge in [0.15, 0.2) is 0 Å². The van der Waals surface area contributed by atoms with Crippen molar-refractivity contribution in [3.63, 3.8) is 0 Å². The van der Waals surface area contributed by atoms with Crippen molar-refractivity contribution in [2.75, 3.05) is 11.9 Å². The van der Waals surface area contributed by atoms with Crippen LogP contribution in [-0.4, -0.2) is 18.7 Å². The minimum atomic E-state index is -0.202. The first kappa shape index (κ1) is 13.4. The molecule has 0 unspecified atom stereocenters. The van der Waals surface area contributed by atoms with Gasteiger partial charge in [-0.2, -0.15) is 0 Å². The third-order valence-corrected chi connectivity index (χ3v) is 2.42. The van der Waals surface area contributed by atoms with Crippen molar-refractivity contribution in [1.29, 1.82) is 0 Å². The fraction of sp³-hybridized carbons (Fsp3) is 0.462. The summed E-state index contributed by atoms with van der Waals surface area (Å²) >= 11 is 0. The van der Waals surface area contributed by atoms with Gasteiger partial charge in [0.1, 0.15) is 5.75 Å². The van der Waals surface area contributed by atoms with Gasteiger partial charge in [-0.05, 0) is 32.4 Å². The molecule has 0 aliphatic carbocycles. The highest BCUT2D eigenvalue weighted by atomic mass is 16.5. The highest BCUT2D eigenvalue weighted by molar-refractivity contribution is 5.91. The molecule has 0 fully saturated rings. The zero-order valence-corrected chi connectivity index (χ0v) is 10.6. The Labute approximate surface area is 102 Å². The molecule has 17 heavy (non-hydrogen) atoms. The van der Waals surface area contributed by atoms with E-state index in [0.29, 0.717) is 18.0 Å². The van der Waals surface area contributed by atoms with E-state index >= 15 is 0 Å². The number of benzene rings is 1. The summed E-state index contributed by atoms with van der Waals surface area (Å²) in [6.07, 6.45) is 0.903. The van der Waals surface area contributed by atoms with Crippen LogP contribution in [0, 0.1) is 0 Å². The molecule has 0 aliphatic rings. The van der Waals surface area contributed by atoms with E-state index in [0.717, 1.165) is 6.42 Å². The molecule has 1 aromatic rings. The van der Waals surface area contributed by atoms with Gasteiger partial charge >= 0.3 is 6.03 Å². The van der Waals surface area contributed by atoms with Gasteiger partial charge in [0, 0.05) is 6.04 Å². The predicted octanol–water partition coefficient (Wildman–Crippen LogP) is 3.01. The molecule has 4 nitrogen and oxygen atoms in total. The zero-order valence-electron chi connectivity index (χ0n) is 10.6. The van der Waals surface area contributed by atoms with Gasteiger partial charge in [0.2, 0.25) is 0 Å². The number of rotatable bonds is 5. The molecule has 0 spiro atoms. The number of carbonyl (C=O) groups excluding carboxylic acids is 1.